The van der Waals surface area contributed by atoms with Gasteiger partial charge in [-0.2, -0.15) is 0 Å². The fourth-order valence-electron chi connectivity index (χ4n) is 2.22. The van der Waals surface area contributed by atoms with Gasteiger partial charge in [-0.1, -0.05) is 0 Å². The number of thiazole rings is 1. The molecular weight excluding hydrogens is 245 g/mol. The Bertz CT molecular complexity index is 463. The third-order valence-corrected chi connectivity index (χ3v) is 5.36. The molecule has 0 radical (unpaired) electrons. The van der Waals surface area contributed by atoms with Crippen LogP contribution in [-0.4, -0.2) is 23.3 Å². The van der Waals surface area contributed by atoms with Crippen LogP contribution in [-0.2, 0) is 9.31 Å². The van der Waals surface area contributed by atoms with Crippen LogP contribution in [0.1, 0.15) is 56.3 Å². The van der Waals surface area contributed by atoms with E-state index in [-0.39, 0.29) is 18.3 Å². The average Bonchev–Trinajstić information content (AvgIpc) is 2.95. The Hall–Kier alpha value is -0.385. The van der Waals surface area contributed by atoms with Crippen LogP contribution in [0.5, 0.6) is 0 Å². The average molecular weight is 265 g/mol. The maximum absolute atomic E-state index is 6.10. The Morgan fingerprint density at radius 1 is 1.17 bits per heavy atom. The molecule has 1 saturated heterocycles. The predicted octanol–water partition coefficient (Wildman–Crippen LogP) is 2.63. The second kappa shape index (κ2) is 3.81. The van der Waals surface area contributed by atoms with Gasteiger partial charge in [0, 0.05) is 4.88 Å². The van der Waals surface area contributed by atoms with Crippen molar-refractivity contribution < 1.29 is 9.31 Å². The van der Waals surface area contributed by atoms with Crippen molar-refractivity contribution in [3.63, 3.8) is 0 Å². The summed E-state index contributed by atoms with van der Waals surface area (Å²) in [4.78, 5) is 6.03. The van der Waals surface area contributed by atoms with Crippen molar-refractivity contribution in [2.75, 3.05) is 0 Å². The molecule has 3 rings (SSSR count). The zero-order chi connectivity index (χ0) is 13.1. The van der Waals surface area contributed by atoms with Crippen LogP contribution in [0, 0.1) is 6.92 Å². The molecule has 3 nitrogen and oxygen atoms in total. The SMILES string of the molecule is Cc1nc(B2OC(C)(C)C(C)(C)O2)c(C2CC2)s1. The monoisotopic (exact) mass is 265 g/mol. The van der Waals surface area contributed by atoms with Crippen molar-refractivity contribution in [3.8, 4) is 0 Å². The Balaban J connectivity index is 1.93. The second-order valence-electron chi connectivity index (χ2n) is 6.34. The van der Waals surface area contributed by atoms with Gasteiger partial charge in [0.2, 0.25) is 0 Å². The van der Waals surface area contributed by atoms with Gasteiger partial charge in [-0.05, 0) is 53.4 Å². The molecule has 98 valence electrons. The summed E-state index contributed by atoms with van der Waals surface area (Å²) in [5.41, 5.74) is 0.463. The van der Waals surface area contributed by atoms with Gasteiger partial charge in [0.05, 0.1) is 21.8 Å². The third kappa shape index (κ3) is 1.93. The summed E-state index contributed by atoms with van der Waals surface area (Å²) < 4.78 is 12.2. The van der Waals surface area contributed by atoms with E-state index in [0.717, 1.165) is 10.6 Å². The number of hydrogen-bond donors (Lipinski definition) is 0. The normalized spacial score (nSPS) is 25.7. The van der Waals surface area contributed by atoms with Gasteiger partial charge in [-0.3, -0.25) is 4.98 Å². The van der Waals surface area contributed by atoms with E-state index in [0.29, 0.717) is 5.92 Å². The summed E-state index contributed by atoms with van der Waals surface area (Å²) in [5, 5.41) is 1.11. The Morgan fingerprint density at radius 2 is 1.72 bits per heavy atom. The minimum Gasteiger partial charge on any atom is -0.398 e. The highest BCUT2D eigenvalue weighted by molar-refractivity contribution is 7.13. The number of nitrogens with zero attached hydrogens (tertiary/aromatic N) is 1. The number of rotatable bonds is 2. The second-order valence-corrected chi connectivity index (χ2v) is 7.58. The molecule has 1 saturated carbocycles. The van der Waals surface area contributed by atoms with E-state index in [9.17, 15) is 0 Å². The molecule has 0 aromatic carbocycles. The molecule has 1 aliphatic heterocycles. The van der Waals surface area contributed by atoms with Crippen molar-refractivity contribution in [1.29, 1.82) is 0 Å². The van der Waals surface area contributed by atoms with Gasteiger partial charge in [-0.15, -0.1) is 11.3 Å². The van der Waals surface area contributed by atoms with Crippen LogP contribution >= 0.6 is 11.3 Å². The largest absolute Gasteiger partial charge is 0.515 e. The van der Waals surface area contributed by atoms with Crippen molar-refractivity contribution in [1.82, 2.24) is 4.98 Å². The van der Waals surface area contributed by atoms with E-state index >= 15 is 0 Å². The van der Waals surface area contributed by atoms with E-state index in [2.05, 4.69) is 39.6 Å². The first-order valence-corrected chi connectivity index (χ1v) is 7.45. The molecule has 0 unspecified atom stereocenters. The summed E-state index contributed by atoms with van der Waals surface area (Å²) in [6.45, 7) is 10.4. The highest BCUT2D eigenvalue weighted by atomic mass is 32.1. The first-order chi connectivity index (χ1) is 8.30. The van der Waals surface area contributed by atoms with Crippen molar-refractivity contribution in [2.45, 2.75) is 64.6 Å². The standard InChI is InChI=1S/C13H20BNO2S/c1-8-15-11(10(18-8)9-6-7-9)14-16-12(2,3)13(4,5)17-14/h9H,6-7H2,1-5H3. The van der Waals surface area contributed by atoms with Gasteiger partial charge < -0.3 is 9.31 Å². The van der Waals surface area contributed by atoms with Gasteiger partial charge in [-0.25, -0.2) is 0 Å². The van der Waals surface area contributed by atoms with Gasteiger partial charge in [0.15, 0.2) is 0 Å². The summed E-state index contributed by atoms with van der Waals surface area (Å²) >= 11 is 1.80. The summed E-state index contributed by atoms with van der Waals surface area (Å²) in [5.74, 6) is 0.699. The zero-order valence-electron chi connectivity index (χ0n) is 11.7. The van der Waals surface area contributed by atoms with Crippen LogP contribution in [0.15, 0.2) is 0 Å². The fraction of sp³-hybridized carbons (Fsp3) is 0.769. The molecule has 18 heavy (non-hydrogen) atoms. The third-order valence-electron chi connectivity index (χ3n) is 4.21. The zero-order valence-corrected chi connectivity index (χ0v) is 12.6. The van der Waals surface area contributed by atoms with Crippen LogP contribution in [0.4, 0.5) is 0 Å². The highest BCUT2D eigenvalue weighted by Gasteiger charge is 2.53. The maximum atomic E-state index is 6.10. The number of hydrogen-bond acceptors (Lipinski definition) is 4. The Kier molecular flexibility index (Phi) is 2.67. The molecule has 1 aromatic heterocycles. The van der Waals surface area contributed by atoms with Crippen LogP contribution in [0.25, 0.3) is 0 Å². The van der Waals surface area contributed by atoms with Gasteiger partial charge in [0.1, 0.15) is 0 Å². The first kappa shape index (κ1) is 12.6. The minimum absolute atomic E-state index is 0.282. The topological polar surface area (TPSA) is 31.4 Å². The lowest BCUT2D eigenvalue weighted by Gasteiger charge is -2.32. The van der Waals surface area contributed by atoms with Gasteiger partial charge in [0.25, 0.3) is 0 Å². The van der Waals surface area contributed by atoms with Crippen molar-refractivity contribution in [2.24, 2.45) is 0 Å². The summed E-state index contributed by atoms with van der Waals surface area (Å²) in [6, 6.07) is 0. The first-order valence-electron chi connectivity index (χ1n) is 6.63. The molecule has 0 N–H and O–H groups in total. The molecule has 0 spiro atoms. The fourth-order valence-corrected chi connectivity index (χ4v) is 3.33. The molecule has 0 atom stereocenters. The summed E-state index contributed by atoms with van der Waals surface area (Å²) in [6.07, 6.45) is 2.57. The minimum atomic E-state index is -0.296. The molecule has 2 aliphatic rings. The lowest BCUT2D eigenvalue weighted by atomic mass is 9.83. The Labute approximate surface area is 113 Å². The van der Waals surface area contributed by atoms with Gasteiger partial charge >= 0.3 is 7.12 Å². The number of aryl methyl sites for hydroxylation is 1. The van der Waals surface area contributed by atoms with E-state index in [1.807, 2.05) is 0 Å². The number of aromatic nitrogens is 1. The maximum Gasteiger partial charge on any atom is 0.515 e. The molecule has 2 fully saturated rings. The van der Waals surface area contributed by atoms with E-state index in [4.69, 9.17) is 9.31 Å². The molecule has 1 aliphatic carbocycles. The smallest absolute Gasteiger partial charge is 0.398 e. The molecule has 0 amide bonds. The highest BCUT2D eigenvalue weighted by Crippen LogP contribution is 2.43. The van der Waals surface area contributed by atoms with Crippen LogP contribution in [0.3, 0.4) is 0 Å². The van der Waals surface area contributed by atoms with Crippen molar-refractivity contribution in [3.05, 3.63) is 9.88 Å². The quantitative estimate of drug-likeness (QED) is 0.770. The molecule has 5 heteroatoms. The molecule has 2 heterocycles. The molecule has 1 aromatic rings. The van der Waals surface area contributed by atoms with E-state index < -0.39 is 0 Å². The van der Waals surface area contributed by atoms with Crippen LogP contribution < -0.4 is 5.59 Å². The molecular formula is C13H20BNO2S. The van der Waals surface area contributed by atoms with Crippen LogP contribution in [0.2, 0.25) is 0 Å². The lowest BCUT2D eigenvalue weighted by molar-refractivity contribution is 0.00578. The lowest BCUT2D eigenvalue weighted by Crippen LogP contribution is -2.41. The molecule has 0 bridgehead atoms. The summed E-state index contributed by atoms with van der Waals surface area (Å²) in [7, 11) is -0.296. The Morgan fingerprint density at radius 3 is 2.22 bits per heavy atom. The van der Waals surface area contributed by atoms with Crippen molar-refractivity contribution >= 4 is 24.0 Å². The van der Waals surface area contributed by atoms with E-state index in [1.165, 1.54) is 17.7 Å². The predicted molar refractivity (Wildman–Crippen MR) is 74.5 cm³/mol. The van der Waals surface area contributed by atoms with E-state index in [1.54, 1.807) is 11.3 Å².